The minimum Gasteiger partial charge on any atom is -0.372 e. The zero-order valence-electron chi connectivity index (χ0n) is 10.4. The van der Waals surface area contributed by atoms with Crippen molar-refractivity contribution >= 4 is 12.1 Å². The zero-order chi connectivity index (χ0) is 12.7. The summed E-state index contributed by atoms with van der Waals surface area (Å²) in [6.07, 6.45) is 0.250. The van der Waals surface area contributed by atoms with E-state index in [4.69, 9.17) is 4.79 Å². The van der Waals surface area contributed by atoms with Gasteiger partial charge in [0, 0.05) is 31.9 Å². The lowest BCUT2D eigenvalue weighted by atomic mass is 10.2. The topological polar surface area (TPSA) is 71.2 Å². The van der Waals surface area contributed by atoms with Gasteiger partial charge in [-0.25, -0.2) is 0 Å². The van der Waals surface area contributed by atoms with Gasteiger partial charge in [0.05, 0.1) is 11.4 Å². The zero-order valence-corrected chi connectivity index (χ0v) is 10.4. The van der Waals surface area contributed by atoms with Gasteiger partial charge in [-0.3, -0.25) is 9.78 Å². The molecule has 0 spiro atoms. The molecular weight excluding hydrogens is 216 g/mol. The molecule has 3 N–H and O–H groups in total. The smallest absolute Gasteiger partial charge is 0.204 e. The highest BCUT2D eigenvalue weighted by Crippen LogP contribution is 2.18. The third-order valence-corrected chi connectivity index (χ3v) is 2.65. The highest BCUT2D eigenvalue weighted by molar-refractivity contribution is 5.51. The molecule has 1 amide bonds. The lowest BCUT2D eigenvalue weighted by molar-refractivity contribution is -0.106. The monoisotopic (exact) mass is 236 g/mol. The van der Waals surface area contributed by atoms with Crippen molar-refractivity contribution in [2.45, 2.75) is 13.8 Å². The number of rotatable bonds is 1. The van der Waals surface area contributed by atoms with E-state index in [0.29, 0.717) is 0 Å². The Morgan fingerprint density at radius 1 is 1.35 bits per heavy atom. The van der Waals surface area contributed by atoms with Crippen molar-refractivity contribution in [2.75, 3.05) is 31.1 Å². The molecule has 2 heterocycles. The van der Waals surface area contributed by atoms with Gasteiger partial charge < -0.3 is 16.0 Å². The average Bonchev–Trinajstić information content (AvgIpc) is 2.31. The summed E-state index contributed by atoms with van der Waals surface area (Å²) < 4.78 is 0. The highest BCUT2D eigenvalue weighted by atomic mass is 16.1. The summed E-state index contributed by atoms with van der Waals surface area (Å²) in [5.74, 6) is 0. The van der Waals surface area contributed by atoms with E-state index in [1.165, 1.54) is 5.69 Å². The van der Waals surface area contributed by atoms with Crippen LogP contribution in [-0.2, 0) is 4.79 Å². The van der Waals surface area contributed by atoms with Crippen LogP contribution in [0.25, 0.3) is 0 Å². The SMILES string of the molecule is Cc1ccc(N2CCNCC2)c(C)n1.NC=O. The number of nitrogens with zero attached hydrogens (tertiary/aromatic N) is 2. The fourth-order valence-corrected chi connectivity index (χ4v) is 1.92. The summed E-state index contributed by atoms with van der Waals surface area (Å²) in [5, 5.41) is 3.35. The maximum atomic E-state index is 8.58. The summed E-state index contributed by atoms with van der Waals surface area (Å²) in [4.78, 5) is 15.5. The molecular formula is C12H20N4O. The van der Waals surface area contributed by atoms with E-state index in [0.717, 1.165) is 37.6 Å². The molecule has 0 aromatic carbocycles. The largest absolute Gasteiger partial charge is 0.372 e. The first-order valence-electron chi connectivity index (χ1n) is 5.74. The second-order valence-corrected chi connectivity index (χ2v) is 3.93. The first kappa shape index (κ1) is 13.4. The van der Waals surface area contributed by atoms with Crippen molar-refractivity contribution in [3.8, 4) is 0 Å². The Morgan fingerprint density at radius 2 is 1.94 bits per heavy atom. The molecule has 1 aliphatic rings. The molecule has 1 fully saturated rings. The lowest BCUT2D eigenvalue weighted by Crippen LogP contribution is -2.43. The fourth-order valence-electron chi connectivity index (χ4n) is 1.92. The molecule has 17 heavy (non-hydrogen) atoms. The lowest BCUT2D eigenvalue weighted by Gasteiger charge is -2.30. The van der Waals surface area contributed by atoms with Crippen LogP contribution >= 0.6 is 0 Å². The van der Waals surface area contributed by atoms with E-state index in [1.54, 1.807) is 0 Å². The van der Waals surface area contributed by atoms with Crippen molar-refractivity contribution in [2.24, 2.45) is 5.73 Å². The number of pyridine rings is 1. The number of nitrogens with one attached hydrogen (secondary N) is 1. The molecule has 1 aromatic heterocycles. The van der Waals surface area contributed by atoms with Crippen LogP contribution in [0.4, 0.5) is 5.69 Å². The van der Waals surface area contributed by atoms with Crippen molar-refractivity contribution in [1.82, 2.24) is 10.3 Å². The van der Waals surface area contributed by atoms with Crippen LogP contribution in [0.15, 0.2) is 12.1 Å². The normalized spacial score (nSPS) is 14.8. The predicted octanol–water partition coefficient (Wildman–Crippen LogP) is 0.210. The molecule has 1 aromatic rings. The summed E-state index contributed by atoms with van der Waals surface area (Å²) in [7, 11) is 0. The fraction of sp³-hybridized carbons (Fsp3) is 0.500. The number of aromatic nitrogens is 1. The molecule has 0 bridgehead atoms. The number of nitrogens with two attached hydrogens (primary N) is 1. The Kier molecular flexibility index (Phi) is 5.42. The minimum absolute atomic E-state index is 0.250. The van der Waals surface area contributed by atoms with E-state index >= 15 is 0 Å². The first-order chi connectivity index (χ1) is 8.19. The van der Waals surface area contributed by atoms with Gasteiger partial charge in [-0.1, -0.05) is 0 Å². The van der Waals surface area contributed by atoms with Crippen LogP contribution in [0, 0.1) is 13.8 Å². The molecule has 0 saturated carbocycles. The number of hydrogen-bond acceptors (Lipinski definition) is 4. The quantitative estimate of drug-likeness (QED) is 0.684. The summed E-state index contributed by atoms with van der Waals surface area (Å²) >= 11 is 0. The minimum atomic E-state index is 0.250. The molecule has 5 heteroatoms. The van der Waals surface area contributed by atoms with Gasteiger partial charge in [-0.15, -0.1) is 0 Å². The Hall–Kier alpha value is -1.62. The van der Waals surface area contributed by atoms with Gasteiger partial charge >= 0.3 is 0 Å². The molecule has 1 saturated heterocycles. The van der Waals surface area contributed by atoms with Gasteiger partial charge in [0.2, 0.25) is 6.41 Å². The van der Waals surface area contributed by atoms with Crippen molar-refractivity contribution in [1.29, 1.82) is 0 Å². The number of anilines is 1. The van der Waals surface area contributed by atoms with Crippen LogP contribution in [0.5, 0.6) is 0 Å². The van der Waals surface area contributed by atoms with E-state index in [9.17, 15) is 0 Å². The second kappa shape index (κ2) is 6.85. The number of carbonyl (C=O) groups is 1. The number of amides is 1. The summed E-state index contributed by atoms with van der Waals surface area (Å²) in [5.41, 5.74) is 7.70. The Bertz CT molecular complexity index is 362. The van der Waals surface area contributed by atoms with Crippen LogP contribution < -0.4 is 16.0 Å². The Morgan fingerprint density at radius 3 is 2.47 bits per heavy atom. The number of hydrogen-bond donors (Lipinski definition) is 2. The molecule has 5 nitrogen and oxygen atoms in total. The van der Waals surface area contributed by atoms with Crippen LogP contribution in [0.3, 0.4) is 0 Å². The summed E-state index contributed by atoms with van der Waals surface area (Å²) in [6, 6.07) is 4.27. The van der Waals surface area contributed by atoms with Gasteiger partial charge in [0.15, 0.2) is 0 Å². The van der Waals surface area contributed by atoms with Gasteiger partial charge in [-0.05, 0) is 26.0 Å². The maximum absolute atomic E-state index is 8.58. The van der Waals surface area contributed by atoms with Crippen LogP contribution in [0.1, 0.15) is 11.4 Å². The number of aryl methyl sites for hydroxylation is 2. The maximum Gasteiger partial charge on any atom is 0.204 e. The molecule has 0 atom stereocenters. The molecule has 1 aliphatic heterocycles. The third-order valence-electron chi connectivity index (χ3n) is 2.65. The number of carbonyl (C=O) groups excluding carboxylic acids is 1. The number of piperazine rings is 1. The molecule has 2 rings (SSSR count). The van der Waals surface area contributed by atoms with Crippen LogP contribution in [-0.4, -0.2) is 37.6 Å². The molecule has 0 aliphatic carbocycles. The van der Waals surface area contributed by atoms with Crippen molar-refractivity contribution in [3.63, 3.8) is 0 Å². The number of primary amides is 1. The van der Waals surface area contributed by atoms with Gasteiger partial charge in [0.1, 0.15) is 0 Å². The van der Waals surface area contributed by atoms with Crippen molar-refractivity contribution < 1.29 is 4.79 Å². The molecule has 0 radical (unpaired) electrons. The standard InChI is InChI=1S/C11H17N3.CH3NO/c1-9-3-4-11(10(2)13-9)14-7-5-12-6-8-14;2-1-3/h3-4,12H,5-8H2,1-2H3;1H,(H2,2,3). The van der Waals surface area contributed by atoms with Crippen molar-refractivity contribution in [3.05, 3.63) is 23.5 Å². The van der Waals surface area contributed by atoms with Gasteiger partial charge in [0.25, 0.3) is 0 Å². The highest BCUT2D eigenvalue weighted by Gasteiger charge is 2.12. The van der Waals surface area contributed by atoms with Gasteiger partial charge in [-0.2, -0.15) is 0 Å². The molecule has 94 valence electrons. The third kappa shape index (κ3) is 4.03. The Balaban J connectivity index is 0.000000437. The van der Waals surface area contributed by atoms with E-state index in [-0.39, 0.29) is 6.41 Å². The Labute approximate surface area is 102 Å². The van der Waals surface area contributed by atoms with E-state index in [1.807, 2.05) is 6.92 Å². The predicted molar refractivity (Wildman–Crippen MR) is 69.0 cm³/mol. The second-order valence-electron chi connectivity index (χ2n) is 3.93. The van der Waals surface area contributed by atoms with E-state index < -0.39 is 0 Å². The first-order valence-corrected chi connectivity index (χ1v) is 5.74. The van der Waals surface area contributed by atoms with E-state index in [2.05, 4.69) is 40.0 Å². The van der Waals surface area contributed by atoms with Crippen LogP contribution in [0.2, 0.25) is 0 Å². The summed E-state index contributed by atoms with van der Waals surface area (Å²) in [6.45, 7) is 8.46. The average molecular weight is 236 g/mol. The molecule has 0 unspecified atom stereocenters.